The van der Waals surface area contributed by atoms with E-state index in [1.54, 1.807) is 12.1 Å². The number of carbonyl (C=O) groups excluding carboxylic acids is 1. The summed E-state index contributed by atoms with van der Waals surface area (Å²) in [6.45, 7) is 0.389. The van der Waals surface area contributed by atoms with Crippen molar-refractivity contribution in [3.63, 3.8) is 0 Å². The van der Waals surface area contributed by atoms with E-state index in [2.05, 4.69) is 21.2 Å². The summed E-state index contributed by atoms with van der Waals surface area (Å²) in [5.74, 6) is -0.356. The third kappa shape index (κ3) is 1.72. The molecule has 1 saturated heterocycles. The standard InChI is InChI=1S/C9H7BrFNO2/c10-6-2-1-5(3-7(6)11)8-4-12-9(13)14-8/h1-3,8H,4H2,(H,12,13). The van der Waals surface area contributed by atoms with Crippen LogP contribution in [0.5, 0.6) is 0 Å². The number of rotatable bonds is 1. The molecule has 1 fully saturated rings. The van der Waals surface area contributed by atoms with Gasteiger partial charge in [-0.25, -0.2) is 9.18 Å². The largest absolute Gasteiger partial charge is 0.439 e. The molecule has 1 unspecified atom stereocenters. The van der Waals surface area contributed by atoms with Crippen LogP contribution in [-0.2, 0) is 4.74 Å². The highest BCUT2D eigenvalue weighted by Crippen LogP contribution is 2.24. The molecule has 1 heterocycles. The molecule has 1 aromatic carbocycles. The van der Waals surface area contributed by atoms with Crippen LogP contribution >= 0.6 is 15.9 Å². The van der Waals surface area contributed by atoms with Crippen molar-refractivity contribution in [2.75, 3.05) is 6.54 Å². The lowest BCUT2D eigenvalue weighted by molar-refractivity contribution is 0.141. The van der Waals surface area contributed by atoms with Gasteiger partial charge in [0, 0.05) is 0 Å². The van der Waals surface area contributed by atoms with E-state index in [1.807, 2.05) is 0 Å². The van der Waals surface area contributed by atoms with Gasteiger partial charge in [-0.05, 0) is 33.6 Å². The minimum absolute atomic E-state index is 0.356. The lowest BCUT2D eigenvalue weighted by atomic mass is 10.1. The number of halogens is 2. The molecule has 1 N–H and O–H groups in total. The molecule has 1 atom stereocenters. The predicted molar refractivity (Wildman–Crippen MR) is 51.3 cm³/mol. The summed E-state index contributed by atoms with van der Waals surface area (Å²) >= 11 is 3.05. The predicted octanol–water partition coefficient (Wildman–Crippen LogP) is 2.37. The lowest BCUT2D eigenvalue weighted by Gasteiger charge is -2.07. The second-order valence-electron chi connectivity index (χ2n) is 2.95. The van der Waals surface area contributed by atoms with Gasteiger partial charge in [0.05, 0.1) is 11.0 Å². The number of nitrogens with one attached hydrogen (secondary N) is 1. The normalized spacial score (nSPS) is 20.4. The van der Waals surface area contributed by atoms with Gasteiger partial charge < -0.3 is 10.1 Å². The van der Waals surface area contributed by atoms with Gasteiger partial charge in [0.15, 0.2) is 0 Å². The first-order valence-corrected chi connectivity index (χ1v) is 4.85. The van der Waals surface area contributed by atoms with Crippen LogP contribution in [0.2, 0.25) is 0 Å². The summed E-state index contributed by atoms with van der Waals surface area (Å²) in [4.78, 5) is 10.7. The highest BCUT2D eigenvalue weighted by molar-refractivity contribution is 9.10. The Morgan fingerprint density at radius 1 is 1.57 bits per heavy atom. The average Bonchev–Trinajstić information content (AvgIpc) is 2.57. The molecule has 1 aliphatic rings. The maximum absolute atomic E-state index is 13.1. The number of hydrogen-bond donors (Lipinski definition) is 1. The molecule has 2 rings (SSSR count). The summed E-state index contributed by atoms with van der Waals surface area (Å²) < 4.78 is 18.4. The Hall–Kier alpha value is -1.10. The Morgan fingerprint density at radius 3 is 2.93 bits per heavy atom. The molecule has 0 aliphatic carbocycles. The van der Waals surface area contributed by atoms with Crippen LogP contribution in [0, 0.1) is 5.82 Å². The van der Waals surface area contributed by atoms with Crippen molar-refractivity contribution < 1.29 is 13.9 Å². The van der Waals surface area contributed by atoms with Crippen molar-refractivity contribution in [2.24, 2.45) is 0 Å². The molecule has 5 heteroatoms. The number of ether oxygens (including phenoxy) is 1. The second-order valence-corrected chi connectivity index (χ2v) is 3.80. The van der Waals surface area contributed by atoms with Crippen LogP contribution in [0.3, 0.4) is 0 Å². The third-order valence-corrected chi connectivity index (χ3v) is 2.64. The van der Waals surface area contributed by atoms with E-state index < -0.39 is 6.09 Å². The van der Waals surface area contributed by atoms with E-state index in [0.717, 1.165) is 0 Å². The SMILES string of the molecule is O=C1NCC(c2ccc(Br)c(F)c2)O1. The molecule has 1 aromatic rings. The second kappa shape index (κ2) is 3.57. The maximum Gasteiger partial charge on any atom is 0.407 e. The van der Waals surface area contributed by atoms with E-state index in [-0.39, 0.29) is 11.9 Å². The van der Waals surface area contributed by atoms with Crippen LogP contribution in [0.15, 0.2) is 22.7 Å². The molecule has 0 bridgehead atoms. The molecular weight excluding hydrogens is 253 g/mol. The van der Waals surface area contributed by atoms with E-state index in [1.165, 1.54) is 6.07 Å². The lowest BCUT2D eigenvalue weighted by Crippen LogP contribution is -2.12. The number of cyclic esters (lactones) is 1. The first-order valence-electron chi connectivity index (χ1n) is 4.06. The number of carbonyl (C=O) groups is 1. The molecular formula is C9H7BrFNO2. The van der Waals surface area contributed by atoms with Gasteiger partial charge in [-0.15, -0.1) is 0 Å². The van der Waals surface area contributed by atoms with Gasteiger partial charge in [0.2, 0.25) is 0 Å². The maximum atomic E-state index is 13.1. The zero-order chi connectivity index (χ0) is 10.1. The third-order valence-electron chi connectivity index (χ3n) is 2.00. The van der Waals surface area contributed by atoms with Gasteiger partial charge >= 0.3 is 6.09 Å². The Kier molecular flexibility index (Phi) is 2.41. The van der Waals surface area contributed by atoms with E-state index in [9.17, 15) is 9.18 Å². The fourth-order valence-corrected chi connectivity index (χ4v) is 1.53. The molecule has 1 amide bonds. The van der Waals surface area contributed by atoms with Crippen LogP contribution < -0.4 is 5.32 Å². The molecule has 3 nitrogen and oxygen atoms in total. The van der Waals surface area contributed by atoms with Crippen molar-refractivity contribution >= 4 is 22.0 Å². The van der Waals surface area contributed by atoms with Crippen LogP contribution in [-0.4, -0.2) is 12.6 Å². The minimum Gasteiger partial charge on any atom is -0.439 e. The monoisotopic (exact) mass is 259 g/mol. The molecule has 0 spiro atoms. The van der Waals surface area contributed by atoms with E-state index in [0.29, 0.717) is 16.6 Å². The minimum atomic E-state index is -0.460. The van der Waals surface area contributed by atoms with Gasteiger partial charge in [-0.2, -0.15) is 0 Å². The van der Waals surface area contributed by atoms with Gasteiger partial charge in [-0.3, -0.25) is 0 Å². The van der Waals surface area contributed by atoms with E-state index >= 15 is 0 Å². The highest BCUT2D eigenvalue weighted by atomic mass is 79.9. The quantitative estimate of drug-likeness (QED) is 0.841. The van der Waals surface area contributed by atoms with E-state index in [4.69, 9.17) is 4.74 Å². The first kappa shape index (κ1) is 9.45. The Bertz CT molecular complexity index is 383. The smallest absolute Gasteiger partial charge is 0.407 e. The summed E-state index contributed by atoms with van der Waals surface area (Å²) in [5, 5.41) is 2.51. The molecule has 0 saturated carbocycles. The van der Waals surface area contributed by atoms with Crippen molar-refractivity contribution in [1.29, 1.82) is 0 Å². The molecule has 14 heavy (non-hydrogen) atoms. The fraction of sp³-hybridized carbons (Fsp3) is 0.222. The molecule has 0 aromatic heterocycles. The van der Waals surface area contributed by atoms with Crippen molar-refractivity contribution in [3.05, 3.63) is 34.1 Å². The summed E-state index contributed by atoms with van der Waals surface area (Å²) in [6.07, 6.45) is -0.844. The zero-order valence-electron chi connectivity index (χ0n) is 7.09. The van der Waals surface area contributed by atoms with Crippen molar-refractivity contribution in [2.45, 2.75) is 6.10 Å². The highest BCUT2D eigenvalue weighted by Gasteiger charge is 2.24. The number of amides is 1. The molecule has 0 radical (unpaired) electrons. The van der Waals surface area contributed by atoms with Crippen molar-refractivity contribution in [1.82, 2.24) is 5.32 Å². The molecule has 74 valence electrons. The Balaban J connectivity index is 2.24. The van der Waals surface area contributed by atoms with Crippen LogP contribution in [0.1, 0.15) is 11.7 Å². The number of benzene rings is 1. The van der Waals surface area contributed by atoms with Gasteiger partial charge in [0.25, 0.3) is 0 Å². The number of hydrogen-bond acceptors (Lipinski definition) is 2. The van der Waals surface area contributed by atoms with Gasteiger partial charge in [-0.1, -0.05) is 6.07 Å². The number of alkyl carbamates (subject to hydrolysis) is 1. The summed E-state index contributed by atoms with van der Waals surface area (Å²) in [6, 6.07) is 4.67. The van der Waals surface area contributed by atoms with Crippen molar-refractivity contribution in [3.8, 4) is 0 Å². The first-order chi connectivity index (χ1) is 6.66. The zero-order valence-corrected chi connectivity index (χ0v) is 8.67. The van der Waals surface area contributed by atoms with Crippen LogP contribution in [0.4, 0.5) is 9.18 Å². The Labute approximate surface area is 88.4 Å². The molecule has 1 aliphatic heterocycles. The average molecular weight is 260 g/mol. The fourth-order valence-electron chi connectivity index (χ4n) is 1.29. The van der Waals surface area contributed by atoms with Gasteiger partial charge in [0.1, 0.15) is 11.9 Å². The Morgan fingerprint density at radius 2 is 2.36 bits per heavy atom. The van der Waals surface area contributed by atoms with Crippen LogP contribution in [0.25, 0.3) is 0 Å². The topological polar surface area (TPSA) is 38.3 Å². The summed E-state index contributed by atoms with van der Waals surface area (Å²) in [7, 11) is 0. The summed E-state index contributed by atoms with van der Waals surface area (Å²) in [5.41, 5.74) is 0.657.